The Morgan fingerprint density at radius 2 is 1.90 bits per heavy atom. The van der Waals surface area contributed by atoms with Gasteiger partial charge < -0.3 is 4.57 Å². The van der Waals surface area contributed by atoms with Gasteiger partial charge >= 0.3 is 0 Å². The van der Waals surface area contributed by atoms with Crippen LogP contribution in [0, 0.1) is 6.92 Å². The van der Waals surface area contributed by atoms with Gasteiger partial charge in [-0.1, -0.05) is 12.1 Å². The summed E-state index contributed by atoms with van der Waals surface area (Å²) in [5, 5.41) is 9.47. The number of imidazole rings is 1. The molecule has 100 valence electrons. The molecule has 0 saturated heterocycles. The van der Waals surface area contributed by atoms with Crippen LogP contribution in [0.3, 0.4) is 0 Å². The van der Waals surface area contributed by atoms with Gasteiger partial charge in [0.15, 0.2) is 0 Å². The first kappa shape index (κ1) is 12.9. The summed E-state index contributed by atoms with van der Waals surface area (Å²) in [6, 6.07) is 10.3. The van der Waals surface area contributed by atoms with E-state index in [2.05, 4.69) is 52.4 Å². The van der Waals surface area contributed by atoms with E-state index in [4.69, 9.17) is 0 Å². The first-order valence-electron chi connectivity index (χ1n) is 6.25. The van der Waals surface area contributed by atoms with Gasteiger partial charge in [-0.05, 0) is 36.9 Å². The molecule has 0 aliphatic heterocycles. The Balaban J connectivity index is 1.95. The van der Waals surface area contributed by atoms with E-state index in [1.54, 1.807) is 24.3 Å². The van der Waals surface area contributed by atoms with E-state index < -0.39 is 0 Å². The van der Waals surface area contributed by atoms with Gasteiger partial charge in [0.05, 0.1) is 12.0 Å². The van der Waals surface area contributed by atoms with Crippen LogP contribution in [0.25, 0.3) is 16.9 Å². The molecule has 0 fully saturated rings. The molecule has 4 nitrogen and oxygen atoms in total. The molecule has 0 saturated carbocycles. The lowest BCUT2D eigenvalue weighted by molar-refractivity contribution is 0.925. The number of rotatable bonds is 3. The van der Waals surface area contributed by atoms with Crippen molar-refractivity contribution in [3.8, 4) is 16.9 Å². The summed E-state index contributed by atoms with van der Waals surface area (Å²) in [4.78, 5) is 4.05. The van der Waals surface area contributed by atoms with Crippen LogP contribution in [0.2, 0.25) is 0 Å². The van der Waals surface area contributed by atoms with E-state index in [0.29, 0.717) is 0 Å². The molecule has 5 heteroatoms. The van der Waals surface area contributed by atoms with Gasteiger partial charge in [0.1, 0.15) is 5.03 Å². The van der Waals surface area contributed by atoms with Gasteiger partial charge in [0, 0.05) is 23.6 Å². The van der Waals surface area contributed by atoms with Crippen molar-refractivity contribution in [1.82, 2.24) is 19.7 Å². The van der Waals surface area contributed by atoms with Gasteiger partial charge in [0.2, 0.25) is 0 Å². The minimum absolute atomic E-state index is 0.931. The minimum atomic E-state index is 0.931. The third-order valence-electron chi connectivity index (χ3n) is 3.11. The topological polar surface area (TPSA) is 43.6 Å². The van der Waals surface area contributed by atoms with Gasteiger partial charge in [-0.3, -0.25) is 0 Å². The number of thioether (sulfide) groups is 1. The fourth-order valence-corrected chi connectivity index (χ4v) is 2.47. The van der Waals surface area contributed by atoms with Gasteiger partial charge in [-0.2, -0.15) is 0 Å². The molecular formula is C15H14N4S. The summed E-state index contributed by atoms with van der Waals surface area (Å²) in [6.45, 7) is 2.06. The zero-order chi connectivity index (χ0) is 13.9. The molecule has 2 aromatic heterocycles. The third kappa shape index (κ3) is 2.44. The highest BCUT2D eigenvalue weighted by molar-refractivity contribution is 7.98. The molecule has 0 bridgehead atoms. The molecule has 0 spiro atoms. The van der Waals surface area contributed by atoms with E-state index in [1.807, 2.05) is 17.0 Å². The second-order valence-corrected chi connectivity index (χ2v) is 5.26. The molecule has 20 heavy (non-hydrogen) atoms. The Hall–Kier alpha value is -2.14. The Morgan fingerprint density at radius 1 is 1.10 bits per heavy atom. The molecule has 0 N–H and O–H groups in total. The van der Waals surface area contributed by atoms with Crippen LogP contribution in [0.4, 0.5) is 0 Å². The van der Waals surface area contributed by atoms with Crippen LogP contribution in [0.5, 0.6) is 0 Å². The number of benzene rings is 1. The Kier molecular flexibility index (Phi) is 3.52. The molecule has 0 atom stereocenters. The first-order valence-corrected chi connectivity index (χ1v) is 7.47. The maximum atomic E-state index is 4.32. The van der Waals surface area contributed by atoms with Gasteiger partial charge in [-0.25, -0.2) is 4.98 Å². The van der Waals surface area contributed by atoms with Crippen molar-refractivity contribution >= 4 is 11.8 Å². The first-order chi connectivity index (χ1) is 9.78. The van der Waals surface area contributed by atoms with E-state index in [9.17, 15) is 0 Å². The molecular weight excluding hydrogens is 268 g/mol. The zero-order valence-electron chi connectivity index (χ0n) is 11.3. The van der Waals surface area contributed by atoms with Crippen molar-refractivity contribution in [2.75, 3.05) is 6.26 Å². The second kappa shape index (κ2) is 5.46. The largest absolute Gasteiger partial charge is 0.306 e. The molecule has 0 aliphatic rings. The second-order valence-electron chi connectivity index (χ2n) is 4.44. The number of nitrogens with zero attached hydrogens (tertiary/aromatic N) is 4. The summed E-state index contributed by atoms with van der Waals surface area (Å²) in [5.74, 6) is 0. The molecule has 3 aromatic rings. The maximum absolute atomic E-state index is 4.32. The highest BCUT2D eigenvalue weighted by Gasteiger charge is 2.06. The smallest absolute Gasteiger partial charge is 0.119 e. The molecule has 2 heterocycles. The maximum Gasteiger partial charge on any atom is 0.119 e. The van der Waals surface area contributed by atoms with E-state index in [1.165, 1.54) is 0 Å². The number of hydrogen-bond acceptors (Lipinski definition) is 4. The van der Waals surface area contributed by atoms with E-state index in [-0.39, 0.29) is 0 Å². The minimum Gasteiger partial charge on any atom is -0.306 e. The monoisotopic (exact) mass is 282 g/mol. The zero-order valence-corrected chi connectivity index (χ0v) is 12.1. The van der Waals surface area contributed by atoms with Crippen molar-refractivity contribution in [2.45, 2.75) is 11.9 Å². The lowest BCUT2D eigenvalue weighted by Gasteiger charge is -2.07. The van der Waals surface area contributed by atoms with Gasteiger partial charge in [0.25, 0.3) is 0 Å². The van der Waals surface area contributed by atoms with Crippen LogP contribution in [-0.4, -0.2) is 26.0 Å². The van der Waals surface area contributed by atoms with Gasteiger partial charge in [-0.15, -0.1) is 22.0 Å². The summed E-state index contributed by atoms with van der Waals surface area (Å²) in [7, 11) is 0. The number of aromatic nitrogens is 4. The fourth-order valence-electron chi connectivity index (χ4n) is 2.05. The fraction of sp³-hybridized carbons (Fsp3) is 0.133. The van der Waals surface area contributed by atoms with Crippen LogP contribution in [0.15, 0.2) is 54.1 Å². The van der Waals surface area contributed by atoms with Crippen LogP contribution >= 0.6 is 11.8 Å². The molecule has 3 rings (SSSR count). The summed E-state index contributed by atoms with van der Waals surface area (Å²) < 4.78 is 1.97. The average Bonchev–Trinajstić information content (AvgIpc) is 3.01. The normalized spacial score (nSPS) is 10.7. The molecule has 0 amide bonds. The highest BCUT2D eigenvalue weighted by Crippen LogP contribution is 2.24. The van der Waals surface area contributed by atoms with Crippen LogP contribution in [0.1, 0.15) is 5.56 Å². The van der Waals surface area contributed by atoms with Crippen molar-refractivity contribution in [3.05, 3.63) is 54.6 Å². The predicted octanol–water partition coefficient (Wildman–Crippen LogP) is 3.36. The average molecular weight is 282 g/mol. The molecule has 0 unspecified atom stereocenters. The quantitative estimate of drug-likeness (QED) is 0.691. The lowest BCUT2D eigenvalue weighted by atomic mass is 10.1. The Morgan fingerprint density at radius 3 is 2.50 bits per heavy atom. The van der Waals surface area contributed by atoms with E-state index >= 15 is 0 Å². The molecule has 0 aliphatic carbocycles. The third-order valence-corrected chi connectivity index (χ3v) is 3.73. The van der Waals surface area contributed by atoms with Crippen molar-refractivity contribution in [1.29, 1.82) is 0 Å². The Bertz CT molecular complexity index is 705. The van der Waals surface area contributed by atoms with E-state index in [0.717, 1.165) is 27.5 Å². The summed E-state index contributed by atoms with van der Waals surface area (Å²) in [5.41, 5.74) is 4.23. The van der Waals surface area contributed by atoms with Crippen LogP contribution in [-0.2, 0) is 0 Å². The molecule has 0 radical (unpaired) electrons. The summed E-state index contributed by atoms with van der Waals surface area (Å²) in [6.07, 6.45) is 7.48. The SMILES string of the molecule is CSc1cc(C)c(-c2ccc(-n3ccnc3)cc2)nn1. The van der Waals surface area contributed by atoms with Crippen molar-refractivity contribution < 1.29 is 0 Å². The summed E-state index contributed by atoms with van der Waals surface area (Å²) >= 11 is 1.60. The lowest BCUT2D eigenvalue weighted by Crippen LogP contribution is -1.94. The number of aryl methyl sites for hydroxylation is 1. The van der Waals surface area contributed by atoms with Crippen molar-refractivity contribution in [3.63, 3.8) is 0 Å². The van der Waals surface area contributed by atoms with Crippen LogP contribution < -0.4 is 0 Å². The standard InChI is InChI=1S/C15H14N4S/c1-11-9-14(20-2)17-18-15(11)12-3-5-13(6-4-12)19-8-7-16-10-19/h3-10H,1-2H3. The highest BCUT2D eigenvalue weighted by atomic mass is 32.2. The molecule has 1 aromatic carbocycles. The number of hydrogen-bond donors (Lipinski definition) is 0. The predicted molar refractivity (Wildman–Crippen MR) is 81.1 cm³/mol. The van der Waals surface area contributed by atoms with Crippen molar-refractivity contribution in [2.24, 2.45) is 0 Å². The Labute approximate surface area is 121 Å².